The Labute approximate surface area is 113 Å². The van der Waals surface area contributed by atoms with Crippen LogP contribution < -0.4 is 5.32 Å². The molecular weight excluding hydrogens is 298 g/mol. The van der Waals surface area contributed by atoms with E-state index in [1.54, 1.807) is 0 Å². The molecule has 3 N–H and O–H groups in total. The fraction of sp³-hybridized carbons (Fsp3) is 0.417. The van der Waals surface area contributed by atoms with E-state index in [4.69, 9.17) is 5.21 Å². The summed E-state index contributed by atoms with van der Waals surface area (Å²) in [5.41, 5.74) is 4.38. The summed E-state index contributed by atoms with van der Waals surface area (Å²) in [5.74, 6) is 0. The molecule has 1 atom stereocenters. The van der Waals surface area contributed by atoms with Crippen molar-refractivity contribution in [2.75, 3.05) is 18.9 Å². The zero-order valence-electron chi connectivity index (χ0n) is 9.94. The van der Waals surface area contributed by atoms with Gasteiger partial charge in [-0.25, -0.2) is 0 Å². The maximum Gasteiger partial charge on any atom is 0.172 e. The summed E-state index contributed by atoms with van der Waals surface area (Å²) in [6, 6.07) is 1.91. The average Bonchev–Trinajstić information content (AvgIpc) is 2.65. The summed E-state index contributed by atoms with van der Waals surface area (Å²) < 4.78 is 1.02. The number of aliphatic hydroxyl groups is 1. The van der Waals surface area contributed by atoms with Crippen LogP contribution in [0.15, 0.2) is 15.7 Å². The molecule has 2 aliphatic rings. The van der Waals surface area contributed by atoms with E-state index in [0.717, 1.165) is 35.2 Å². The van der Waals surface area contributed by atoms with Gasteiger partial charge in [0.05, 0.1) is 5.69 Å². The summed E-state index contributed by atoms with van der Waals surface area (Å²) in [5, 5.41) is 25.0. The van der Waals surface area contributed by atoms with Crippen LogP contribution in [0, 0.1) is 0 Å². The van der Waals surface area contributed by atoms with Gasteiger partial charge in [-0.15, -0.1) is 0 Å². The first-order valence-corrected chi connectivity index (χ1v) is 6.61. The van der Waals surface area contributed by atoms with Gasteiger partial charge in [-0.05, 0) is 30.7 Å². The van der Waals surface area contributed by atoms with Gasteiger partial charge in [0.15, 0.2) is 6.23 Å². The van der Waals surface area contributed by atoms with Crippen molar-refractivity contribution in [3.63, 3.8) is 0 Å². The predicted octanol–water partition coefficient (Wildman–Crippen LogP) is 1.36. The van der Waals surface area contributed by atoms with E-state index in [-0.39, 0.29) is 5.71 Å². The van der Waals surface area contributed by atoms with Crippen LogP contribution in [0.5, 0.6) is 0 Å². The minimum absolute atomic E-state index is 0.279. The Morgan fingerprint density at radius 2 is 2.28 bits per heavy atom. The number of aliphatic hydroxyl groups excluding tert-OH is 1. The molecule has 0 fully saturated rings. The number of likely N-dealkylation sites (N-methyl/N-ethyl adjacent to an activating group) is 1. The van der Waals surface area contributed by atoms with Crippen LogP contribution >= 0.6 is 15.9 Å². The van der Waals surface area contributed by atoms with E-state index in [1.165, 1.54) is 11.1 Å². The lowest BCUT2D eigenvalue weighted by Crippen LogP contribution is -2.27. The molecule has 0 saturated heterocycles. The second-order valence-corrected chi connectivity index (χ2v) is 5.61. The number of oxime groups is 1. The van der Waals surface area contributed by atoms with E-state index >= 15 is 0 Å². The Kier molecular flexibility index (Phi) is 2.80. The summed E-state index contributed by atoms with van der Waals surface area (Å²) in [6.45, 7) is 1.85. The van der Waals surface area contributed by atoms with Gasteiger partial charge in [0, 0.05) is 23.1 Å². The third kappa shape index (κ3) is 1.64. The van der Waals surface area contributed by atoms with Crippen molar-refractivity contribution in [2.24, 2.45) is 5.16 Å². The molecule has 0 aromatic heterocycles. The normalized spacial score (nSPS) is 24.8. The molecule has 1 aromatic carbocycles. The smallest absolute Gasteiger partial charge is 0.172 e. The number of halogens is 1. The number of anilines is 1. The van der Waals surface area contributed by atoms with Gasteiger partial charge in [0.1, 0.15) is 5.71 Å². The topological polar surface area (TPSA) is 68.1 Å². The summed E-state index contributed by atoms with van der Waals surface area (Å²) in [7, 11) is 2.07. The van der Waals surface area contributed by atoms with Crippen LogP contribution in [0.25, 0.3) is 0 Å². The fourth-order valence-electron chi connectivity index (χ4n) is 2.67. The number of hydrogen-bond donors (Lipinski definition) is 3. The van der Waals surface area contributed by atoms with Crippen LogP contribution in [-0.4, -0.2) is 40.7 Å². The number of rotatable bonds is 0. The van der Waals surface area contributed by atoms with Crippen LogP contribution in [-0.2, 0) is 13.0 Å². The molecule has 6 heteroatoms. The number of nitrogens with one attached hydrogen (secondary N) is 1. The SMILES string of the molecule is CN1CCc2c(Br)cc3c(c2C1)NC(O)/C3=N/O. The molecule has 5 nitrogen and oxygen atoms in total. The summed E-state index contributed by atoms with van der Waals surface area (Å²) >= 11 is 3.57. The quantitative estimate of drug-likeness (QED) is 0.500. The molecule has 0 radical (unpaired) electrons. The minimum atomic E-state index is -0.935. The number of nitrogens with zero attached hydrogens (tertiary/aromatic N) is 2. The lowest BCUT2D eigenvalue weighted by molar-refractivity contribution is 0.258. The lowest BCUT2D eigenvalue weighted by Gasteiger charge is -2.27. The highest BCUT2D eigenvalue weighted by atomic mass is 79.9. The Balaban J connectivity index is 2.21. The zero-order valence-corrected chi connectivity index (χ0v) is 11.5. The summed E-state index contributed by atoms with van der Waals surface area (Å²) in [4.78, 5) is 2.23. The Morgan fingerprint density at radius 3 is 3.00 bits per heavy atom. The average molecular weight is 312 g/mol. The highest BCUT2D eigenvalue weighted by molar-refractivity contribution is 9.10. The van der Waals surface area contributed by atoms with Crippen molar-refractivity contribution in [3.05, 3.63) is 27.2 Å². The van der Waals surface area contributed by atoms with E-state index in [1.807, 2.05) is 6.07 Å². The molecule has 18 heavy (non-hydrogen) atoms. The standard InChI is InChI=1S/C12H14BrN3O2/c1-16-3-2-6-8(5-16)10-7(4-9(6)13)11(15-18)12(17)14-10/h4,12,14,17-18H,2-3,5H2,1H3/b15-11+. The van der Waals surface area contributed by atoms with Crippen molar-refractivity contribution in [2.45, 2.75) is 19.2 Å². The molecule has 2 heterocycles. The van der Waals surface area contributed by atoms with E-state index in [0.29, 0.717) is 0 Å². The van der Waals surface area contributed by atoms with Gasteiger partial charge in [-0.3, -0.25) is 0 Å². The van der Waals surface area contributed by atoms with Crippen molar-refractivity contribution in [3.8, 4) is 0 Å². The lowest BCUT2D eigenvalue weighted by atomic mass is 9.95. The van der Waals surface area contributed by atoms with Crippen LogP contribution in [0.1, 0.15) is 16.7 Å². The first-order valence-electron chi connectivity index (χ1n) is 5.81. The van der Waals surface area contributed by atoms with Crippen molar-refractivity contribution >= 4 is 27.3 Å². The molecule has 1 unspecified atom stereocenters. The Morgan fingerprint density at radius 1 is 1.50 bits per heavy atom. The number of benzene rings is 1. The number of hydrogen-bond acceptors (Lipinski definition) is 5. The molecule has 2 aliphatic heterocycles. The maximum atomic E-state index is 9.84. The molecule has 0 spiro atoms. The van der Waals surface area contributed by atoms with Crippen molar-refractivity contribution in [1.82, 2.24) is 4.90 Å². The molecule has 96 valence electrons. The largest absolute Gasteiger partial charge is 0.410 e. The van der Waals surface area contributed by atoms with Gasteiger partial charge in [-0.2, -0.15) is 0 Å². The molecule has 1 aromatic rings. The monoisotopic (exact) mass is 311 g/mol. The second-order valence-electron chi connectivity index (χ2n) is 4.76. The van der Waals surface area contributed by atoms with E-state index in [9.17, 15) is 5.11 Å². The van der Waals surface area contributed by atoms with Crippen molar-refractivity contribution < 1.29 is 10.3 Å². The third-order valence-corrected chi connectivity index (χ3v) is 4.30. The third-order valence-electron chi connectivity index (χ3n) is 3.59. The molecule has 0 bridgehead atoms. The highest BCUT2D eigenvalue weighted by Crippen LogP contribution is 2.38. The predicted molar refractivity (Wildman–Crippen MR) is 72.1 cm³/mol. The van der Waals surface area contributed by atoms with E-state index in [2.05, 4.69) is 38.4 Å². The van der Waals surface area contributed by atoms with Gasteiger partial charge in [0.25, 0.3) is 0 Å². The molecule has 0 amide bonds. The Hall–Kier alpha value is -1.11. The molecule has 3 rings (SSSR count). The van der Waals surface area contributed by atoms with Gasteiger partial charge in [-0.1, -0.05) is 21.1 Å². The van der Waals surface area contributed by atoms with Gasteiger partial charge >= 0.3 is 0 Å². The first-order chi connectivity index (χ1) is 8.61. The zero-order chi connectivity index (χ0) is 12.9. The fourth-order valence-corrected chi connectivity index (χ4v) is 3.33. The summed E-state index contributed by atoms with van der Waals surface area (Å²) in [6.07, 6.45) is 0.0407. The Bertz CT molecular complexity index is 545. The van der Waals surface area contributed by atoms with Crippen LogP contribution in [0.3, 0.4) is 0 Å². The van der Waals surface area contributed by atoms with Crippen LogP contribution in [0.4, 0.5) is 5.69 Å². The molecular formula is C12H14BrN3O2. The second kappa shape index (κ2) is 4.22. The first kappa shape index (κ1) is 12.0. The molecule has 0 aliphatic carbocycles. The van der Waals surface area contributed by atoms with Crippen molar-refractivity contribution in [1.29, 1.82) is 0 Å². The van der Waals surface area contributed by atoms with Gasteiger partial charge < -0.3 is 20.5 Å². The van der Waals surface area contributed by atoms with Gasteiger partial charge in [0.2, 0.25) is 0 Å². The van der Waals surface area contributed by atoms with E-state index < -0.39 is 6.23 Å². The number of fused-ring (bicyclic) bond motifs is 3. The van der Waals surface area contributed by atoms with Crippen LogP contribution in [0.2, 0.25) is 0 Å². The maximum absolute atomic E-state index is 9.84. The highest BCUT2D eigenvalue weighted by Gasteiger charge is 2.32. The molecule has 0 saturated carbocycles. The minimum Gasteiger partial charge on any atom is -0.410 e.